The van der Waals surface area contributed by atoms with E-state index in [0.717, 1.165) is 0 Å². The van der Waals surface area contributed by atoms with Gasteiger partial charge in [0.2, 0.25) is 10.0 Å². The van der Waals surface area contributed by atoms with Crippen LogP contribution in [0.15, 0.2) is 47.4 Å². The van der Waals surface area contributed by atoms with Crippen LogP contribution in [0.25, 0.3) is 0 Å². The first kappa shape index (κ1) is 20.2. The quantitative estimate of drug-likeness (QED) is 0.681. The van der Waals surface area contributed by atoms with Crippen LogP contribution in [-0.4, -0.2) is 52.1 Å². The van der Waals surface area contributed by atoms with Crippen LogP contribution >= 0.6 is 0 Å². The first-order valence-corrected chi connectivity index (χ1v) is 10.0. The molecule has 0 aliphatic carbocycles. The van der Waals surface area contributed by atoms with Gasteiger partial charge in [0.25, 0.3) is 0 Å². The molecule has 0 spiro atoms. The minimum atomic E-state index is -3.79. The van der Waals surface area contributed by atoms with Crippen LogP contribution in [0.1, 0.15) is 15.9 Å². The summed E-state index contributed by atoms with van der Waals surface area (Å²) in [6.45, 7) is 0.817. The van der Waals surface area contributed by atoms with E-state index in [1.54, 1.807) is 6.07 Å². The lowest BCUT2D eigenvalue weighted by atomic mass is 10.2. The zero-order valence-corrected chi connectivity index (χ0v) is 16.1. The molecule has 1 heterocycles. The number of benzene rings is 2. The van der Waals surface area contributed by atoms with Gasteiger partial charge in [0.1, 0.15) is 23.7 Å². The summed E-state index contributed by atoms with van der Waals surface area (Å²) in [5, 5.41) is 0. The lowest BCUT2D eigenvalue weighted by molar-refractivity contribution is 0.0465. The van der Waals surface area contributed by atoms with Crippen LogP contribution in [0.2, 0.25) is 0 Å². The topological polar surface area (TPSA) is 82.1 Å². The van der Waals surface area contributed by atoms with Crippen LogP contribution in [0, 0.1) is 5.82 Å². The van der Waals surface area contributed by atoms with E-state index < -0.39 is 21.8 Å². The van der Waals surface area contributed by atoms with Crippen molar-refractivity contribution in [1.82, 2.24) is 4.31 Å². The molecule has 28 heavy (non-hydrogen) atoms. The number of carbonyl (C=O) groups is 1. The fraction of sp³-hybridized carbons (Fsp3) is 0.316. The molecule has 7 nitrogen and oxygen atoms in total. The van der Waals surface area contributed by atoms with Crippen molar-refractivity contribution >= 4 is 16.0 Å². The number of methoxy groups -OCH3 is 1. The molecule has 2 aromatic carbocycles. The van der Waals surface area contributed by atoms with Crippen LogP contribution in [-0.2, 0) is 26.1 Å². The Labute approximate surface area is 162 Å². The minimum absolute atomic E-state index is 0.0480. The second-order valence-electron chi connectivity index (χ2n) is 6.05. The maximum absolute atomic E-state index is 13.7. The summed E-state index contributed by atoms with van der Waals surface area (Å²) in [6.07, 6.45) is 0. The van der Waals surface area contributed by atoms with E-state index >= 15 is 0 Å². The number of morpholine rings is 1. The zero-order valence-electron chi connectivity index (χ0n) is 15.3. The monoisotopic (exact) mass is 409 g/mol. The van der Waals surface area contributed by atoms with Crippen LogP contribution in [0.4, 0.5) is 4.39 Å². The number of nitrogens with zero attached hydrogens (tertiary/aromatic N) is 1. The van der Waals surface area contributed by atoms with Crippen LogP contribution in [0.5, 0.6) is 5.75 Å². The van der Waals surface area contributed by atoms with Crippen LogP contribution in [0.3, 0.4) is 0 Å². The molecular formula is C19H20FNO6S. The maximum atomic E-state index is 13.7. The van der Waals surface area contributed by atoms with Crippen molar-refractivity contribution in [3.05, 3.63) is 59.4 Å². The fourth-order valence-corrected chi connectivity index (χ4v) is 4.21. The van der Waals surface area contributed by atoms with Gasteiger partial charge in [0.15, 0.2) is 0 Å². The van der Waals surface area contributed by atoms with Crippen molar-refractivity contribution in [2.75, 3.05) is 33.4 Å². The summed E-state index contributed by atoms with van der Waals surface area (Å²) in [4.78, 5) is 12.5. The third kappa shape index (κ3) is 4.32. The van der Waals surface area contributed by atoms with Gasteiger partial charge in [0.05, 0.1) is 25.2 Å². The molecule has 0 radical (unpaired) electrons. The number of esters is 1. The molecule has 0 saturated carbocycles. The van der Waals surface area contributed by atoms with Crippen LogP contribution < -0.4 is 4.74 Å². The van der Waals surface area contributed by atoms with Crippen molar-refractivity contribution in [1.29, 1.82) is 0 Å². The van der Waals surface area contributed by atoms with Gasteiger partial charge in [-0.25, -0.2) is 17.6 Å². The lowest BCUT2D eigenvalue weighted by Crippen LogP contribution is -2.40. The van der Waals surface area contributed by atoms with Gasteiger partial charge < -0.3 is 14.2 Å². The molecule has 0 unspecified atom stereocenters. The Morgan fingerprint density at radius 2 is 1.89 bits per heavy atom. The molecule has 9 heteroatoms. The molecule has 0 N–H and O–H groups in total. The van der Waals surface area contributed by atoms with E-state index in [-0.39, 0.29) is 41.5 Å². The Balaban J connectivity index is 1.84. The van der Waals surface area contributed by atoms with Gasteiger partial charge in [-0.05, 0) is 24.3 Å². The molecule has 0 bridgehead atoms. The van der Waals surface area contributed by atoms with Crippen molar-refractivity contribution in [2.24, 2.45) is 0 Å². The van der Waals surface area contributed by atoms with Gasteiger partial charge in [-0.3, -0.25) is 0 Å². The molecule has 1 saturated heterocycles. The summed E-state index contributed by atoms with van der Waals surface area (Å²) in [5.74, 6) is -1.13. The predicted molar refractivity (Wildman–Crippen MR) is 98.1 cm³/mol. The Hall–Kier alpha value is -2.49. The number of rotatable bonds is 6. The first-order chi connectivity index (χ1) is 13.4. The summed E-state index contributed by atoms with van der Waals surface area (Å²) in [6, 6.07) is 9.90. The molecule has 1 fully saturated rings. The van der Waals surface area contributed by atoms with Gasteiger partial charge >= 0.3 is 5.97 Å². The van der Waals surface area contributed by atoms with Crippen molar-refractivity contribution < 1.29 is 31.8 Å². The summed E-state index contributed by atoms with van der Waals surface area (Å²) >= 11 is 0. The molecule has 0 aromatic heterocycles. The van der Waals surface area contributed by atoms with E-state index in [4.69, 9.17) is 14.2 Å². The Bertz CT molecular complexity index is 957. The van der Waals surface area contributed by atoms with E-state index in [9.17, 15) is 17.6 Å². The molecule has 0 amide bonds. The Morgan fingerprint density at radius 1 is 1.18 bits per heavy atom. The van der Waals surface area contributed by atoms with E-state index in [2.05, 4.69) is 0 Å². The first-order valence-electron chi connectivity index (χ1n) is 8.60. The molecule has 2 aromatic rings. The minimum Gasteiger partial charge on any atom is -0.496 e. The summed E-state index contributed by atoms with van der Waals surface area (Å²) in [7, 11) is -2.43. The second-order valence-corrected chi connectivity index (χ2v) is 7.98. The van der Waals surface area contributed by atoms with Gasteiger partial charge in [-0.15, -0.1) is 0 Å². The van der Waals surface area contributed by atoms with E-state index in [0.29, 0.717) is 13.2 Å². The zero-order chi connectivity index (χ0) is 20.1. The highest BCUT2D eigenvalue weighted by atomic mass is 32.2. The van der Waals surface area contributed by atoms with Crippen molar-refractivity contribution in [2.45, 2.75) is 11.5 Å². The van der Waals surface area contributed by atoms with E-state index in [1.807, 2.05) is 0 Å². The smallest absolute Gasteiger partial charge is 0.342 e. The highest BCUT2D eigenvalue weighted by Gasteiger charge is 2.28. The van der Waals surface area contributed by atoms with Gasteiger partial charge in [-0.2, -0.15) is 4.31 Å². The fourth-order valence-electron chi connectivity index (χ4n) is 2.78. The molecule has 1 aliphatic heterocycles. The predicted octanol–water partition coefficient (Wildman–Crippen LogP) is 2.21. The molecule has 1 aliphatic rings. The highest BCUT2D eigenvalue weighted by molar-refractivity contribution is 7.89. The largest absolute Gasteiger partial charge is 0.496 e. The number of sulfonamides is 1. The average molecular weight is 409 g/mol. The molecular weight excluding hydrogens is 389 g/mol. The van der Waals surface area contributed by atoms with Gasteiger partial charge in [-0.1, -0.05) is 18.2 Å². The molecule has 3 rings (SSSR count). The average Bonchev–Trinajstić information content (AvgIpc) is 2.73. The number of halogens is 1. The third-order valence-electron chi connectivity index (χ3n) is 4.32. The van der Waals surface area contributed by atoms with Crippen molar-refractivity contribution in [3.63, 3.8) is 0 Å². The van der Waals surface area contributed by atoms with Gasteiger partial charge in [0, 0.05) is 18.7 Å². The normalized spacial score (nSPS) is 15.2. The number of ether oxygens (including phenoxy) is 3. The molecule has 150 valence electrons. The number of carbonyl (C=O) groups excluding carboxylic acids is 1. The highest BCUT2D eigenvalue weighted by Crippen LogP contribution is 2.26. The molecule has 0 atom stereocenters. The van der Waals surface area contributed by atoms with E-state index in [1.165, 1.54) is 47.8 Å². The third-order valence-corrected chi connectivity index (χ3v) is 6.21. The SMILES string of the molecule is COc1ccc(S(=O)(=O)N2CCOCC2)cc1C(=O)OCc1ccccc1F. The Kier molecular flexibility index (Phi) is 6.28. The summed E-state index contributed by atoms with van der Waals surface area (Å²) in [5.41, 5.74) is 0.167. The Morgan fingerprint density at radius 3 is 2.57 bits per heavy atom. The maximum Gasteiger partial charge on any atom is 0.342 e. The number of hydrogen-bond donors (Lipinski definition) is 0. The lowest BCUT2D eigenvalue weighted by Gasteiger charge is -2.26. The van der Waals surface area contributed by atoms with Crippen molar-refractivity contribution in [3.8, 4) is 5.75 Å². The summed E-state index contributed by atoms with van der Waals surface area (Å²) < 4.78 is 56.1. The second kappa shape index (κ2) is 8.68. The number of hydrogen-bond acceptors (Lipinski definition) is 6. The standard InChI is InChI=1S/C19H20FNO6S/c1-25-18-7-6-15(28(23,24)21-8-10-26-11-9-21)12-16(18)19(22)27-13-14-4-2-3-5-17(14)20/h2-7,12H,8-11,13H2,1H3.